The second-order valence-electron chi connectivity index (χ2n) is 2.59. The van der Waals surface area contributed by atoms with Crippen LogP contribution in [-0.2, 0) is 0 Å². The number of nitrogens with two attached hydrogens (primary N) is 1. The van der Waals surface area contributed by atoms with E-state index in [1.54, 1.807) is 0 Å². The molecule has 1 unspecified atom stereocenters. The molecule has 0 spiro atoms. The Morgan fingerprint density at radius 1 is 1.36 bits per heavy atom. The molecule has 0 rings (SSSR count). The summed E-state index contributed by atoms with van der Waals surface area (Å²) >= 11 is 3.91. The van der Waals surface area contributed by atoms with E-state index in [-0.39, 0.29) is 0 Å². The molecule has 0 aliphatic rings. The second-order valence-corrected chi connectivity index (χ2v) is 4.73. The van der Waals surface area contributed by atoms with E-state index in [1.807, 2.05) is 23.5 Å². The van der Waals surface area contributed by atoms with Crippen molar-refractivity contribution in [3.05, 3.63) is 0 Å². The number of hydrogen-bond acceptors (Lipinski definition) is 3. The van der Waals surface area contributed by atoms with Crippen molar-refractivity contribution in [1.82, 2.24) is 0 Å². The summed E-state index contributed by atoms with van der Waals surface area (Å²) in [7, 11) is 0. The molecule has 0 radical (unpaired) electrons. The van der Waals surface area contributed by atoms with Crippen molar-refractivity contribution < 1.29 is 0 Å². The third kappa shape index (κ3) is 8.57. The van der Waals surface area contributed by atoms with E-state index < -0.39 is 0 Å². The van der Waals surface area contributed by atoms with E-state index in [0.717, 1.165) is 12.2 Å². The van der Waals surface area contributed by atoms with Crippen LogP contribution >= 0.6 is 23.5 Å². The van der Waals surface area contributed by atoms with Crippen LogP contribution < -0.4 is 5.73 Å². The van der Waals surface area contributed by atoms with Gasteiger partial charge in [-0.05, 0) is 30.6 Å². The first-order chi connectivity index (χ1) is 5.31. The van der Waals surface area contributed by atoms with Gasteiger partial charge < -0.3 is 5.73 Å². The molecule has 0 aromatic rings. The van der Waals surface area contributed by atoms with Gasteiger partial charge in [-0.25, -0.2) is 0 Å². The summed E-state index contributed by atoms with van der Waals surface area (Å²) in [4.78, 5) is 0. The topological polar surface area (TPSA) is 26.0 Å². The molecule has 68 valence electrons. The Labute approximate surface area is 78.9 Å². The van der Waals surface area contributed by atoms with Gasteiger partial charge in [0.15, 0.2) is 0 Å². The number of rotatable bonds is 7. The molecular formula is C8H19NS2. The SMILES string of the molecule is CCC(N)CSCCCSC. The van der Waals surface area contributed by atoms with Crippen molar-refractivity contribution in [3.63, 3.8) is 0 Å². The number of thioether (sulfide) groups is 2. The summed E-state index contributed by atoms with van der Waals surface area (Å²) in [5.74, 6) is 3.69. The highest BCUT2D eigenvalue weighted by atomic mass is 32.2. The molecule has 0 aliphatic carbocycles. The Morgan fingerprint density at radius 3 is 2.64 bits per heavy atom. The fraction of sp³-hybridized carbons (Fsp3) is 1.00. The third-order valence-electron chi connectivity index (χ3n) is 1.49. The van der Waals surface area contributed by atoms with Crippen molar-refractivity contribution in [2.24, 2.45) is 5.73 Å². The first-order valence-electron chi connectivity index (χ1n) is 4.13. The smallest absolute Gasteiger partial charge is 0.0127 e. The molecule has 11 heavy (non-hydrogen) atoms. The molecule has 2 N–H and O–H groups in total. The minimum Gasteiger partial charge on any atom is -0.327 e. The Hall–Kier alpha value is 0.660. The fourth-order valence-electron chi connectivity index (χ4n) is 0.658. The average Bonchev–Trinajstić information content (AvgIpc) is 2.04. The van der Waals surface area contributed by atoms with Gasteiger partial charge in [0.05, 0.1) is 0 Å². The summed E-state index contributed by atoms with van der Waals surface area (Å²) in [6, 6.07) is 0.411. The Morgan fingerprint density at radius 2 is 2.09 bits per heavy atom. The van der Waals surface area contributed by atoms with Crippen LogP contribution in [0.15, 0.2) is 0 Å². The molecule has 0 amide bonds. The van der Waals surface area contributed by atoms with Gasteiger partial charge in [-0.2, -0.15) is 23.5 Å². The summed E-state index contributed by atoms with van der Waals surface area (Å²) in [5, 5.41) is 0. The van der Waals surface area contributed by atoms with Crippen molar-refractivity contribution in [2.75, 3.05) is 23.5 Å². The van der Waals surface area contributed by atoms with Crippen LogP contribution in [0.5, 0.6) is 0 Å². The maximum atomic E-state index is 5.76. The van der Waals surface area contributed by atoms with Crippen LogP contribution in [-0.4, -0.2) is 29.6 Å². The third-order valence-corrected chi connectivity index (χ3v) is 3.43. The summed E-state index contributed by atoms with van der Waals surface area (Å²) in [6.45, 7) is 2.15. The van der Waals surface area contributed by atoms with Crippen molar-refractivity contribution in [3.8, 4) is 0 Å². The largest absolute Gasteiger partial charge is 0.327 e. The van der Waals surface area contributed by atoms with Gasteiger partial charge in [-0.1, -0.05) is 6.92 Å². The van der Waals surface area contributed by atoms with E-state index in [9.17, 15) is 0 Å². The van der Waals surface area contributed by atoms with Gasteiger partial charge in [0, 0.05) is 11.8 Å². The van der Waals surface area contributed by atoms with E-state index in [2.05, 4.69) is 13.2 Å². The van der Waals surface area contributed by atoms with Crippen molar-refractivity contribution in [2.45, 2.75) is 25.8 Å². The van der Waals surface area contributed by atoms with Crippen LogP contribution in [0.4, 0.5) is 0 Å². The van der Waals surface area contributed by atoms with Gasteiger partial charge in [0.1, 0.15) is 0 Å². The molecular weight excluding hydrogens is 174 g/mol. The number of hydrogen-bond donors (Lipinski definition) is 1. The Balaban J connectivity index is 2.89. The monoisotopic (exact) mass is 193 g/mol. The molecule has 0 aliphatic heterocycles. The lowest BCUT2D eigenvalue weighted by molar-refractivity contribution is 0.724. The molecule has 3 heteroatoms. The summed E-state index contributed by atoms with van der Waals surface area (Å²) in [5.41, 5.74) is 5.76. The first-order valence-corrected chi connectivity index (χ1v) is 6.68. The fourth-order valence-corrected chi connectivity index (χ4v) is 2.33. The van der Waals surface area contributed by atoms with Crippen molar-refractivity contribution in [1.29, 1.82) is 0 Å². The molecule has 0 aromatic heterocycles. The highest BCUT2D eigenvalue weighted by Crippen LogP contribution is 2.07. The minimum atomic E-state index is 0.411. The predicted octanol–water partition coefficient (Wildman–Crippen LogP) is 2.21. The predicted molar refractivity (Wildman–Crippen MR) is 58.6 cm³/mol. The van der Waals surface area contributed by atoms with Gasteiger partial charge in [0.2, 0.25) is 0 Å². The molecule has 1 nitrogen and oxygen atoms in total. The maximum Gasteiger partial charge on any atom is 0.0127 e. The minimum absolute atomic E-state index is 0.411. The summed E-state index contributed by atoms with van der Waals surface area (Å²) in [6.07, 6.45) is 4.58. The van der Waals surface area contributed by atoms with Gasteiger partial charge in [-0.15, -0.1) is 0 Å². The lowest BCUT2D eigenvalue weighted by atomic mass is 10.3. The highest BCUT2D eigenvalue weighted by Gasteiger charge is 1.97. The molecule has 0 heterocycles. The van der Waals surface area contributed by atoms with Gasteiger partial charge in [0.25, 0.3) is 0 Å². The van der Waals surface area contributed by atoms with Crippen LogP contribution in [0.3, 0.4) is 0 Å². The zero-order valence-corrected chi connectivity index (χ0v) is 9.14. The van der Waals surface area contributed by atoms with E-state index in [4.69, 9.17) is 5.73 Å². The van der Waals surface area contributed by atoms with Crippen LogP contribution in [0.25, 0.3) is 0 Å². The normalized spacial score (nSPS) is 13.4. The lowest BCUT2D eigenvalue weighted by Gasteiger charge is -2.06. The highest BCUT2D eigenvalue weighted by molar-refractivity contribution is 7.99. The van der Waals surface area contributed by atoms with E-state index in [1.165, 1.54) is 17.9 Å². The molecule has 0 bridgehead atoms. The molecule has 0 aromatic carbocycles. The van der Waals surface area contributed by atoms with Gasteiger partial charge in [-0.3, -0.25) is 0 Å². The van der Waals surface area contributed by atoms with E-state index in [0.29, 0.717) is 6.04 Å². The summed E-state index contributed by atoms with van der Waals surface area (Å²) < 4.78 is 0. The quantitative estimate of drug-likeness (QED) is 0.628. The zero-order valence-electron chi connectivity index (χ0n) is 7.51. The Kier molecular flexibility index (Phi) is 9.28. The Bertz CT molecular complexity index is 78.5. The molecule has 1 atom stereocenters. The standard InChI is InChI=1S/C8H19NS2/c1-3-8(9)7-11-6-4-5-10-2/h8H,3-7,9H2,1-2H3. The van der Waals surface area contributed by atoms with Crippen LogP contribution in [0.1, 0.15) is 19.8 Å². The molecule has 0 fully saturated rings. The second kappa shape index (κ2) is 8.75. The molecule has 0 saturated carbocycles. The zero-order chi connectivity index (χ0) is 8.53. The first kappa shape index (κ1) is 11.7. The van der Waals surface area contributed by atoms with Crippen LogP contribution in [0, 0.1) is 0 Å². The average molecular weight is 193 g/mol. The van der Waals surface area contributed by atoms with Crippen molar-refractivity contribution >= 4 is 23.5 Å². The molecule has 0 saturated heterocycles. The van der Waals surface area contributed by atoms with E-state index >= 15 is 0 Å². The van der Waals surface area contributed by atoms with Gasteiger partial charge >= 0.3 is 0 Å². The van der Waals surface area contributed by atoms with Crippen LogP contribution in [0.2, 0.25) is 0 Å². The maximum absolute atomic E-state index is 5.76. The lowest BCUT2D eigenvalue weighted by Crippen LogP contribution is -2.21.